The summed E-state index contributed by atoms with van der Waals surface area (Å²) < 4.78 is 36.3. The van der Waals surface area contributed by atoms with Crippen molar-refractivity contribution in [3.63, 3.8) is 0 Å². The molecule has 0 aromatic heterocycles. The highest BCUT2D eigenvalue weighted by molar-refractivity contribution is 5.26. The summed E-state index contributed by atoms with van der Waals surface area (Å²) in [4.78, 5) is 0. The number of halogens is 3. The second-order valence-electron chi connectivity index (χ2n) is 2.94. The molecule has 0 amide bonds. The lowest BCUT2D eigenvalue weighted by Crippen LogP contribution is -2.04. The summed E-state index contributed by atoms with van der Waals surface area (Å²) in [5, 5.41) is 8.82. The van der Waals surface area contributed by atoms with Crippen LogP contribution in [0.2, 0.25) is 0 Å². The molecule has 0 saturated carbocycles. The molecule has 1 aromatic rings. The van der Waals surface area contributed by atoms with Crippen LogP contribution >= 0.6 is 0 Å². The van der Waals surface area contributed by atoms with Gasteiger partial charge in [0.05, 0.1) is 11.3 Å². The SMILES string of the molecule is C=C(O)Cc1ccc(C(F)(F)F)cc1. The van der Waals surface area contributed by atoms with E-state index in [0.29, 0.717) is 5.56 Å². The first-order valence-electron chi connectivity index (χ1n) is 3.92. The average molecular weight is 202 g/mol. The van der Waals surface area contributed by atoms with E-state index >= 15 is 0 Å². The predicted octanol–water partition coefficient (Wildman–Crippen LogP) is 3.32. The van der Waals surface area contributed by atoms with Crippen LogP contribution in [-0.2, 0) is 12.6 Å². The van der Waals surface area contributed by atoms with E-state index in [9.17, 15) is 13.2 Å². The highest BCUT2D eigenvalue weighted by Crippen LogP contribution is 2.29. The highest BCUT2D eigenvalue weighted by Gasteiger charge is 2.29. The molecule has 0 bridgehead atoms. The Kier molecular flexibility index (Phi) is 2.84. The Morgan fingerprint density at radius 3 is 2.07 bits per heavy atom. The maximum Gasteiger partial charge on any atom is 0.416 e. The van der Waals surface area contributed by atoms with Gasteiger partial charge in [-0.3, -0.25) is 0 Å². The second kappa shape index (κ2) is 3.74. The van der Waals surface area contributed by atoms with E-state index in [1.807, 2.05) is 0 Å². The number of rotatable bonds is 2. The van der Waals surface area contributed by atoms with Crippen molar-refractivity contribution in [1.82, 2.24) is 0 Å². The van der Waals surface area contributed by atoms with Gasteiger partial charge in [0.1, 0.15) is 0 Å². The Labute approximate surface area is 79.5 Å². The quantitative estimate of drug-likeness (QED) is 0.729. The van der Waals surface area contributed by atoms with Crippen LogP contribution in [0.1, 0.15) is 11.1 Å². The number of hydrogen-bond acceptors (Lipinski definition) is 1. The molecule has 1 rings (SSSR count). The second-order valence-corrected chi connectivity index (χ2v) is 2.94. The maximum atomic E-state index is 12.1. The minimum Gasteiger partial charge on any atom is -0.513 e. The molecule has 1 N–H and O–H groups in total. The Morgan fingerprint density at radius 2 is 1.71 bits per heavy atom. The predicted molar refractivity (Wildman–Crippen MR) is 46.9 cm³/mol. The van der Waals surface area contributed by atoms with E-state index in [4.69, 9.17) is 5.11 Å². The van der Waals surface area contributed by atoms with Crippen LogP contribution in [0.4, 0.5) is 13.2 Å². The van der Waals surface area contributed by atoms with E-state index < -0.39 is 11.7 Å². The monoisotopic (exact) mass is 202 g/mol. The van der Waals surface area contributed by atoms with Crippen molar-refractivity contribution in [1.29, 1.82) is 0 Å². The zero-order valence-electron chi connectivity index (χ0n) is 7.30. The first-order valence-corrected chi connectivity index (χ1v) is 3.92. The molecule has 0 atom stereocenters. The average Bonchev–Trinajstić information content (AvgIpc) is 2.02. The van der Waals surface area contributed by atoms with Crippen LogP contribution in [0.3, 0.4) is 0 Å². The lowest BCUT2D eigenvalue weighted by atomic mass is 10.1. The number of benzene rings is 1. The summed E-state index contributed by atoms with van der Waals surface area (Å²) in [6.45, 7) is 3.25. The van der Waals surface area contributed by atoms with Gasteiger partial charge in [0.25, 0.3) is 0 Å². The van der Waals surface area contributed by atoms with Gasteiger partial charge in [-0.1, -0.05) is 18.7 Å². The highest BCUT2D eigenvalue weighted by atomic mass is 19.4. The van der Waals surface area contributed by atoms with Crippen molar-refractivity contribution in [3.05, 3.63) is 47.7 Å². The van der Waals surface area contributed by atoms with Crippen molar-refractivity contribution in [2.24, 2.45) is 0 Å². The van der Waals surface area contributed by atoms with E-state index in [0.717, 1.165) is 12.1 Å². The van der Waals surface area contributed by atoms with Crippen LogP contribution in [0, 0.1) is 0 Å². The largest absolute Gasteiger partial charge is 0.513 e. The third kappa shape index (κ3) is 2.80. The summed E-state index contributed by atoms with van der Waals surface area (Å²) in [6, 6.07) is 4.62. The topological polar surface area (TPSA) is 20.2 Å². The lowest BCUT2D eigenvalue weighted by molar-refractivity contribution is -0.137. The zero-order valence-corrected chi connectivity index (χ0v) is 7.30. The number of hydrogen-bond donors (Lipinski definition) is 1. The third-order valence-electron chi connectivity index (χ3n) is 1.69. The number of alkyl halides is 3. The Balaban J connectivity index is 2.84. The number of aliphatic hydroxyl groups is 1. The number of allylic oxidation sites excluding steroid dienone is 1. The molecule has 0 fully saturated rings. The minimum atomic E-state index is -4.31. The van der Waals surface area contributed by atoms with Gasteiger partial charge in [-0.2, -0.15) is 13.2 Å². The summed E-state index contributed by atoms with van der Waals surface area (Å²) >= 11 is 0. The van der Waals surface area contributed by atoms with Crippen LogP contribution in [0.15, 0.2) is 36.6 Å². The van der Waals surface area contributed by atoms with Gasteiger partial charge in [0.15, 0.2) is 0 Å². The normalized spacial score (nSPS) is 11.4. The van der Waals surface area contributed by atoms with Crippen molar-refractivity contribution >= 4 is 0 Å². The van der Waals surface area contributed by atoms with E-state index in [2.05, 4.69) is 6.58 Å². The molecule has 14 heavy (non-hydrogen) atoms. The van der Waals surface area contributed by atoms with Crippen molar-refractivity contribution in [3.8, 4) is 0 Å². The molecule has 0 aliphatic carbocycles. The van der Waals surface area contributed by atoms with Gasteiger partial charge in [-0.15, -0.1) is 0 Å². The summed E-state index contributed by atoms with van der Waals surface area (Å²) in [5.74, 6) is -0.0650. The van der Waals surface area contributed by atoms with E-state index in [1.165, 1.54) is 12.1 Å². The minimum absolute atomic E-state index is 0.0650. The Morgan fingerprint density at radius 1 is 1.21 bits per heavy atom. The first kappa shape index (κ1) is 10.6. The molecule has 1 nitrogen and oxygen atoms in total. The summed E-state index contributed by atoms with van der Waals surface area (Å²) in [7, 11) is 0. The van der Waals surface area contributed by atoms with Crippen molar-refractivity contribution < 1.29 is 18.3 Å². The van der Waals surface area contributed by atoms with Gasteiger partial charge in [0, 0.05) is 6.42 Å². The molecule has 0 aliphatic heterocycles. The molecular formula is C10H9F3O. The van der Waals surface area contributed by atoms with Gasteiger partial charge in [-0.05, 0) is 17.7 Å². The standard InChI is InChI=1S/C10H9F3O/c1-7(14)6-8-2-4-9(5-3-8)10(11,12)13/h2-5,14H,1,6H2. The number of aliphatic hydroxyl groups excluding tert-OH is 1. The summed E-state index contributed by atoms with van der Waals surface area (Å²) in [6.07, 6.45) is -4.13. The molecule has 0 saturated heterocycles. The third-order valence-corrected chi connectivity index (χ3v) is 1.69. The molecule has 0 radical (unpaired) electrons. The Hall–Kier alpha value is -1.45. The molecule has 0 heterocycles. The zero-order chi connectivity index (χ0) is 10.8. The molecule has 0 unspecified atom stereocenters. The van der Waals surface area contributed by atoms with Crippen LogP contribution in [0.25, 0.3) is 0 Å². The molecule has 1 aromatic carbocycles. The smallest absolute Gasteiger partial charge is 0.416 e. The van der Waals surface area contributed by atoms with Gasteiger partial charge < -0.3 is 5.11 Å². The Bertz CT molecular complexity index is 324. The first-order chi connectivity index (χ1) is 6.39. The van der Waals surface area contributed by atoms with E-state index in [1.54, 1.807) is 0 Å². The molecule has 0 aliphatic rings. The molecular weight excluding hydrogens is 193 g/mol. The molecule has 0 spiro atoms. The lowest BCUT2D eigenvalue weighted by Gasteiger charge is -2.06. The maximum absolute atomic E-state index is 12.1. The van der Waals surface area contributed by atoms with Crippen LogP contribution in [-0.4, -0.2) is 5.11 Å². The van der Waals surface area contributed by atoms with Gasteiger partial charge >= 0.3 is 6.18 Å². The van der Waals surface area contributed by atoms with Crippen molar-refractivity contribution in [2.75, 3.05) is 0 Å². The fraction of sp³-hybridized carbons (Fsp3) is 0.200. The fourth-order valence-corrected chi connectivity index (χ4v) is 1.05. The van der Waals surface area contributed by atoms with Gasteiger partial charge in [-0.25, -0.2) is 0 Å². The van der Waals surface area contributed by atoms with Crippen LogP contribution < -0.4 is 0 Å². The van der Waals surface area contributed by atoms with Crippen LogP contribution in [0.5, 0.6) is 0 Å². The summed E-state index contributed by atoms with van der Waals surface area (Å²) in [5.41, 5.74) is -0.0877. The van der Waals surface area contributed by atoms with Gasteiger partial charge in [0.2, 0.25) is 0 Å². The van der Waals surface area contributed by atoms with E-state index in [-0.39, 0.29) is 12.2 Å². The molecule has 4 heteroatoms. The van der Waals surface area contributed by atoms with Crippen molar-refractivity contribution in [2.45, 2.75) is 12.6 Å². The fourth-order valence-electron chi connectivity index (χ4n) is 1.05. The molecule has 76 valence electrons.